The lowest BCUT2D eigenvalue weighted by Crippen LogP contribution is -2.15. The quantitative estimate of drug-likeness (QED) is 0.567. The maximum atomic E-state index is 11.6. The van der Waals surface area contributed by atoms with Crippen LogP contribution in [0, 0.1) is 5.92 Å². The van der Waals surface area contributed by atoms with Crippen molar-refractivity contribution in [3.8, 4) is 0 Å². The first-order valence-corrected chi connectivity index (χ1v) is 5.49. The van der Waals surface area contributed by atoms with Crippen LogP contribution >= 0.6 is 0 Å². The molecule has 0 aromatic heterocycles. The molecule has 88 valence electrons. The fourth-order valence-electron chi connectivity index (χ4n) is 1.18. The molecule has 1 unspecified atom stereocenters. The molecule has 0 aliphatic rings. The van der Waals surface area contributed by atoms with E-state index in [0.717, 1.165) is 5.56 Å². The zero-order valence-electron chi connectivity index (χ0n) is 9.97. The second-order valence-corrected chi connectivity index (χ2v) is 4.21. The molecular formula is C13H18O3. The molecule has 0 saturated carbocycles. The molecule has 0 radical (unpaired) electrons. The molecule has 0 N–H and O–H groups in total. The van der Waals surface area contributed by atoms with E-state index in [1.54, 1.807) is 6.92 Å². The fourth-order valence-corrected chi connectivity index (χ4v) is 1.18. The highest BCUT2D eigenvalue weighted by molar-refractivity contribution is 5.77. The summed E-state index contributed by atoms with van der Waals surface area (Å²) >= 11 is 0. The second-order valence-electron chi connectivity index (χ2n) is 4.21. The third-order valence-electron chi connectivity index (χ3n) is 2.20. The Labute approximate surface area is 96.3 Å². The van der Waals surface area contributed by atoms with Gasteiger partial charge in [0.2, 0.25) is 0 Å². The smallest absolute Gasteiger partial charge is 0.298 e. The Kier molecular flexibility index (Phi) is 4.99. The highest BCUT2D eigenvalue weighted by Gasteiger charge is 2.17. The van der Waals surface area contributed by atoms with Crippen LogP contribution in [0.3, 0.4) is 0 Å². The normalized spacial score (nSPS) is 12.5. The summed E-state index contributed by atoms with van der Waals surface area (Å²) < 4.78 is 0. The van der Waals surface area contributed by atoms with Crippen molar-refractivity contribution in [2.75, 3.05) is 6.61 Å². The molecule has 3 heteroatoms. The van der Waals surface area contributed by atoms with Crippen LogP contribution < -0.4 is 0 Å². The van der Waals surface area contributed by atoms with Gasteiger partial charge >= 0.3 is 5.97 Å². The van der Waals surface area contributed by atoms with E-state index in [-0.39, 0.29) is 11.9 Å². The highest BCUT2D eigenvalue weighted by Crippen LogP contribution is 2.16. The zero-order valence-corrected chi connectivity index (χ0v) is 9.97. The topological polar surface area (TPSA) is 35.5 Å². The van der Waals surface area contributed by atoms with Crippen LogP contribution in [0.25, 0.3) is 0 Å². The summed E-state index contributed by atoms with van der Waals surface area (Å²) in [6.45, 7) is 6.21. The van der Waals surface area contributed by atoms with Gasteiger partial charge in [0.15, 0.2) is 0 Å². The summed E-state index contributed by atoms with van der Waals surface area (Å²) in [5.41, 5.74) is 0.931. The Morgan fingerprint density at radius 2 is 1.81 bits per heavy atom. The molecule has 0 fully saturated rings. The van der Waals surface area contributed by atoms with Crippen molar-refractivity contribution in [1.82, 2.24) is 0 Å². The second kappa shape index (κ2) is 6.28. The number of carbonyl (C=O) groups is 1. The molecule has 0 spiro atoms. The Bertz CT molecular complexity index is 319. The van der Waals surface area contributed by atoms with Gasteiger partial charge in [-0.3, -0.25) is 4.89 Å². The summed E-state index contributed by atoms with van der Waals surface area (Å²) in [6.07, 6.45) is 0. The molecule has 3 nitrogen and oxygen atoms in total. The Morgan fingerprint density at radius 1 is 1.19 bits per heavy atom. The summed E-state index contributed by atoms with van der Waals surface area (Å²) in [7, 11) is 0. The van der Waals surface area contributed by atoms with E-state index in [1.807, 2.05) is 44.2 Å². The first kappa shape index (κ1) is 12.7. The molecule has 0 heterocycles. The summed E-state index contributed by atoms with van der Waals surface area (Å²) in [5, 5.41) is 0. The van der Waals surface area contributed by atoms with Crippen LogP contribution in [-0.4, -0.2) is 12.6 Å². The molecule has 0 saturated heterocycles. The van der Waals surface area contributed by atoms with Crippen molar-refractivity contribution in [2.24, 2.45) is 5.92 Å². The van der Waals surface area contributed by atoms with Crippen LogP contribution in [-0.2, 0) is 14.6 Å². The van der Waals surface area contributed by atoms with Gasteiger partial charge in [0.05, 0.1) is 12.5 Å². The van der Waals surface area contributed by atoms with Crippen molar-refractivity contribution in [3.63, 3.8) is 0 Å². The molecule has 0 bridgehead atoms. The van der Waals surface area contributed by atoms with Crippen molar-refractivity contribution in [1.29, 1.82) is 0 Å². The van der Waals surface area contributed by atoms with Crippen molar-refractivity contribution in [3.05, 3.63) is 35.9 Å². The number of hydrogen-bond acceptors (Lipinski definition) is 3. The van der Waals surface area contributed by atoms with Crippen LogP contribution in [0.2, 0.25) is 0 Å². The van der Waals surface area contributed by atoms with Crippen LogP contribution in [0.15, 0.2) is 30.3 Å². The lowest BCUT2D eigenvalue weighted by atomic mass is 10.0. The minimum absolute atomic E-state index is 0.298. The monoisotopic (exact) mass is 222 g/mol. The molecule has 0 amide bonds. The minimum atomic E-state index is -0.355. The standard InChI is InChI=1S/C13H18O3/c1-10(2)9-15-16-13(14)11(3)12-7-5-4-6-8-12/h4-8,10-11H,9H2,1-3H3. The zero-order chi connectivity index (χ0) is 12.0. The Hall–Kier alpha value is -1.35. The maximum absolute atomic E-state index is 11.6. The van der Waals surface area contributed by atoms with Gasteiger partial charge in [0, 0.05) is 0 Å². The van der Waals surface area contributed by atoms with Gasteiger partial charge < -0.3 is 0 Å². The van der Waals surface area contributed by atoms with Gasteiger partial charge in [-0.15, -0.1) is 0 Å². The summed E-state index contributed by atoms with van der Waals surface area (Å²) in [6, 6.07) is 9.50. The van der Waals surface area contributed by atoms with E-state index in [2.05, 4.69) is 0 Å². The van der Waals surface area contributed by atoms with Crippen LogP contribution in [0.1, 0.15) is 32.3 Å². The number of benzene rings is 1. The third kappa shape index (κ3) is 4.03. The first-order chi connectivity index (χ1) is 7.61. The van der Waals surface area contributed by atoms with Crippen LogP contribution in [0.5, 0.6) is 0 Å². The molecule has 1 rings (SSSR count). The fraction of sp³-hybridized carbons (Fsp3) is 0.462. The third-order valence-corrected chi connectivity index (χ3v) is 2.20. The van der Waals surface area contributed by atoms with Gasteiger partial charge in [-0.1, -0.05) is 44.2 Å². The van der Waals surface area contributed by atoms with Gasteiger partial charge in [-0.25, -0.2) is 4.79 Å². The van der Waals surface area contributed by atoms with Crippen molar-refractivity contribution < 1.29 is 14.6 Å². The minimum Gasteiger partial charge on any atom is -0.298 e. The number of hydrogen-bond donors (Lipinski definition) is 0. The van der Waals surface area contributed by atoms with E-state index >= 15 is 0 Å². The van der Waals surface area contributed by atoms with E-state index in [1.165, 1.54) is 0 Å². The lowest BCUT2D eigenvalue weighted by molar-refractivity contribution is -0.277. The molecule has 1 atom stereocenters. The molecular weight excluding hydrogens is 204 g/mol. The van der Waals surface area contributed by atoms with E-state index in [4.69, 9.17) is 9.78 Å². The van der Waals surface area contributed by atoms with Gasteiger partial charge in [0.25, 0.3) is 0 Å². The molecule has 16 heavy (non-hydrogen) atoms. The van der Waals surface area contributed by atoms with Crippen LogP contribution in [0.4, 0.5) is 0 Å². The van der Waals surface area contributed by atoms with Gasteiger partial charge in [-0.2, -0.15) is 4.89 Å². The SMILES string of the molecule is CC(C)COOC(=O)C(C)c1ccccc1. The summed E-state index contributed by atoms with van der Waals surface area (Å²) in [4.78, 5) is 21.2. The maximum Gasteiger partial charge on any atom is 0.349 e. The Morgan fingerprint density at radius 3 is 2.38 bits per heavy atom. The molecule has 1 aromatic carbocycles. The number of carbonyl (C=O) groups excluding carboxylic acids is 1. The molecule has 0 aliphatic carbocycles. The lowest BCUT2D eigenvalue weighted by Gasteiger charge is -2.11. The van der Waals surface area contributed by atoms with Gasteiger partial charge in [-0.05, 0) is 18.4 Å². The Balaban J connectivity index is 2.43. The van der Waals surface area contributed by atoms with Gasteiger partial charge in [0.1, 0.15) is 0 Å². The van der Waals surface area contributed by atoms with E-state index in [9.17, 15) is 4.79 Å². The first-order valence-electron chi connectivity index (χ1n) is 5.49. The van der Waals surface area contributed by atoms with E-state index < -0.39 is 0 Å². The number of rotatable bonds is 5. The molecule has 1 aromatic rings. The average molecular weight is 222 g/mol. The molecule has 0 aliphatic heterocycles. The largest absolute Gasteiger partial charge is 0.349 e. The van der Waals surface area contributed by atoms with Crippen molar-refractivity contribution in [2.45, 2.75) is 26.7 Å². The predicted molar refractivity (Wildman–Crippen MR) is 61.7 cm³/mol. The van der Waals surface area contributed by atoms with E-state index in [0.29, 0.717) is 12.5 Å². The average Bonchev–Trinajstić information content (AvgIpc) is 2.28. The highest BCUT2D eigenvalue weighted by atomic mass is 17.2. The predicted octanol–water partition coefficient (Wildman–Crippen LogP) is 2.92. The van der Waals surface area contributed by atoms with Crippen molar-refractivity contribution >= 4 is 5.97 Å². The summed E-state index contributed by atoms with van der Waals surface area (Å²) in [5.74, 6) is -0.306.